The van der Waals surface area contributed by atoms with Crippen LogP contribution in [-0.4, -0.2) is 29.0 Å². The van der Waals surface area contributed by atoms with Crippen molar-refractivity contribution in [3.05, 3.63) is 53.9 Å². The fourth-order valence-corrected chi connectivity index (χ4v) is 2.35. The van der Waals surface area contributed by atoms with Gasteiger partial charge in [0.1, 0.15) is 5.75 Å². The molecule has 27 heavy (non-hydrogen) atoms. The van der Waals surface area contributed by atoms with Gasteiger partial charge in [0.05, 0.1) is 13.7 Å². The molecule has 0 saturated heterocycles. The zero-order valence-electron chi connectivity index (χ0n) is 14.3. The number of alkyl halides is 2. The van der Waals surface area contributed by atoms with Crippen molar-refractivity contribution in [1.82, 2.24) is 10.1 Å². The van der Waals surface area contributed by atoms with Crippen molar-refractivity contribution >= 4 is 0 Å². The Morgan fingerprint density at radius 2 is 1.93 bits per heavy atom. The van der Waals surface area contributed by atoms with Crippen LogP contribution in [0.1, 0.15) is 11.5 Å². The number of rotatable bonds is 8. The van der Waals surface area contributed by atoms with Gasteiger partial charge in [0.25, 0.3) is 5.89 Å². The van der Waals surface area contributed by atoms with Crippen LogP contribution in [0.4, 0.5) is 8.78 Å². The lowest BCUT2D eigenvalue weighted by atomic mass is 10.2. The quantitative estimate of drug-likeness (QED) is 0.643. The number of para-hydroxylation sites is 1. The first-order valence-corrected chi connectivity index (χ1v) is 7.88. The van der Waals surface area contributed by atoms with Gasteiger partial charge in [0, 0.05) is 11.1 Å². The summed E-state index contributed by atoms with van der Waals surface area (Å²) in [5.74, 6) is 0.988. The van der Waals surface area contributed by atoms with Crippen molar-refractivity contribution in [3.8, 4) is 28.6 Å². The van der Waals surface area contributed by atoms with Crippen LogP contribution in [0, 0.1) is 0 Å². The van der Waals surface area contributed by atoms with Crippen LogP contribution in [-0.2, 0) is 13.2 Å². The maximum atomic E-state index is 12.4. The first-order valence-electron chi connectivity index (χ1n) is 7.88. The monoisotopic (exact) mass is 378 g/mol. The van der Waals surface area contributed by atoms with Gasteiger partial charge in [0.15, 0.2) is 18.1 Å². The summed E-state index contributed by atoms with van der Waals surface area (Å²) in [4.78, 5) is 4.21. The number of hydrogen-bond donors (Lipinski definition) is 1. The van der Waals surface area contributed by atoms with Gasteiger partial charge in [-0.3, -0.25) is 0 Å². The molecule has 0 aliphatic carbocycles. The molecule has 142 valence electrons. The van der Waals surface area contributed by atoms with Crippen LogP contribution in [0.2, 0.25) is 0 Å². The van der Waals surface area contributed by atoms with Crippen molar-refractivity contribution < 1.29 is 32.6 Å². The lowest BCUT2D eigenvalue weighted by Gasteiger charge is -2.10. The lowest BCUT2D eigenvalue weighted by molar-refractivity contribution is -0.0512. The van der Waals surface area contributed by atoms with Crippen LogP contribution in [0.25, 0.3) is 11.4 Å². The highest BCUT2D eigenvalue weighted by Crippen LogP contribution is 2.32. The van der Waals surface area contributed by atoms with Gasteiger partial charge in [-0.15, -0.1) is 0 Å². The molecule has 9 heteroatoms. The molecule has 0 unspecified atom stereocenters. The Kier molecular flexibility index (Phi) is 5.82. The zero-order valence-corrected chi connectivity index (χ0v) is 14.3. The molecule has 0 aliphatic rings. The van der Waals surface area contributed by atoms with Crippen LogP contribution >= 0.6 is 0 Å². The van der Waals surface area contributed by atoms with Crippen molar-refractivity contribution in [2.24, 2.45) is 0 Å². The van der Waals surface area contributed by atoms with Crippen LogP contribution in [0.5, 0.6) is 17.2 Å². The largest absolute Gasteiger partial charge is 0.493 e. The van der Waals surface area contributed by atoms with E-state index in [1.807, 2.05) is 0 Å². The Balaban J connectivity index is 1.73. The average molecular weight is 378 g/mol. The molecule has 0 saturated carbocycles. The number of aliphatic hydroxyl groups excluding tert-OH is 1. The molecule has 3 rings (SSSR count). The van der Waals surface area contributed by atoms with E-state index in [9.17, 15) is 13.9 Å². The number of aliphatic hydroxyl groups is 1. The second-order valence-corrected chi connectivity index (χ2v) is 5.31. The number of ether oxygens (including phenoxy) is 3. The van der Waals surface area contributed by atoms with E-state index in [1.54, 1.807) is 24.3 Å². The van der Waals surface area contributed by atoms with E-state index in [1.165, 1.54) is 25.3 Å². The molecule has 0 amide bonds. The molecule has 0 bridgehead atoms. The predicted molar refractivity (Wildman–Crippen MR) is 89.6 cm³/mol. The fraction of sp³-hybridized carbons (Fsp3) is 0.222. The molecular formula is C18H16F2N2O5. The predicted octanol–water partition coefficient (Wildman–Crippen LogP) is 3.42. The molecule has 1 N–H and O–H groups in total. The van der Waals surface area contributed by atoms with E-state index in [4.69, 9.17) is 14.0 Å². The Labute approximate surface area is 153 Å². The highest BCUT2D eigenvalue weighted by atomic mass is 19.3. The number of aromatic nitrogens is 2. The molecule has 2 aromatic carbocycles. The second kappa shape index (κ2) is 8.45. The molecule has 1 aromatic heterocycles. The first kappa shape index (κ1) is 18.6. The summed E-state index contributed by atoms with van der Waals surface area (Å²) < 4.78 is 45.0. The van der Waals surface area contributed by atoms with Gasteiger partial charge in [0.2, 0.25) is 5.82 Å². The van der Waals surface area contributed by atoms with E-state index in [0.717, 1.165) is 0 Å². The van der Waals surface area contributed by atoms with E-state index < -0.39 is 6.61 Å². The van der Waals surface area contributed by atoms with Crippen molar-refractivity contribution in [2.45, 2.75) is 19.8 Å². The van der Waals surface area contributed by atoms with E-state index >= 15 is 0 Å². The Bertz CT molecular complexity index is 901. The molecule has 7 nitrogen and oxygen atoms in total. The fourth-order valence-electron chi connectivity index (χ4n) is 2.35. The Hall–Kier alpha value is -3.20. The van der Waals surface area contributed by atoms with E-state index in [-0.39, 0.29) is 36.4 Å². The summed E-state index contributed by atoms with van der Waals surface area (Å²) in [5.41, 5.74) is 1.14. The number of halogens is 2. The van der Waals surface area contributed by atoms with Crippen molar-refractivity contribution in [2.75, 3.05) is 7.11 Å². The third-order valence-corrected chi connectivity index (χ3v) is 3.60. The molecule has 0 aliphatic heterocycles. The molecule has 0 atom stereocenters. The van der Waals surface area contributed by atoms with Crippen LogP contribution < -0.4 is 14.2 Å². The zero-order chi connectivity index (χ0) is 19.2. The number of benzene rings is 2. The normalized spacial score (nSPS) is 10.9. The molecule has 0 radical (unpaired) electrons. The Morgan fingerprint density at radius 3 is 2.67 bits per heavy atom. The summed E-state index contributed by atoms with van der Waals surface area (Å²) in [5, 5.41) is 13.1. The first-order chi connectivity index (χ1) is 13.1. The standard InChI is InChI=1S/C18H16F2N2O5/c1-24-15-8-11(6-7-14(15)26-18(19)20)17-21-16(27-22-17)10-25-13-5-3-2-4-12(13)9-23/h2-8,18,23H,9-10H2,1H3. The summed E-state index contributed by atoms with van der Waals surface area (Å²) in [6.07, 6.45) is 0. The van der Waals surface area contributed by atoms with Gasteiger partial charge < -0.3 is 23.8 Å². The summed E-state index contributed by atoms with van der Waals surface area (Å²) in [7, 11) is 1.34. The topological polar surface area (TPSA) is 86.8 Å². The number of methoxy groups -OCH3 is 1. The molecule has 0 spiro atoms. The van der Waals surface area contributed by atoms with Gasteiger partial charge in [-0.25, -0.2) is 0 Å². The minimum Gasteiger partial charge on any atom is -0.493 e. The number of hydrogen-bond acceptors (Lipinski definition) is 7. The molecule has 3 aromatic rings. The van der Waals surface area contributed by atoms with Crippen LogP contribution in [0.3, 0.4) is 0 Å². The van der Waals surface area contributed by atoms with E-state index in [0.29, 0.717) is 16.9 Å². The summed E-state index contributed by atoms with van der Waals surface area (Å²) >= 11 is 0. The minimum atomic E-state index is -2.96. The van der Waals surface area contributed by atoms with Crippen molar-refractivity contribution in [3.63, 3.8) is 0 Å². The maximum Gasteiger partial charge on any atom is 0.387 e. The SMILES string of the molecule is COc1cc(-c2noc(COc3ccccc3CO)n2)ccc1OC(F)F. The lowest BCUT2D eigenvalue weighted by Crippen LogP contribution is -2.03. The minimum absolute atomic E-state index is 0.00766. The average Bonchev–Trinajstić information content (AvgIpc) is 3.15. The highest BCUT2D eigenvalue weighted by Gasteiger charge is 2.15. The maximum absolute atomic E-state index is 12.4. The van der Waals surface area contributed by atoms with Gasteiger partial charge in [-0.05, 0) is 24.3 Å². The summed E-state index contributed by atoms with van der Waals surface area (Å²) in [6.45, 7) is -3.10. The second-order valence-electron chi connectivity index (χ2n) is 5.31. The Morgan fingerprint density at radius 1 is 1.11 bits per heavy atom. The third kappa shape index (κ3) is 4.50. The number of nitrogens with zero attached hydrogens (tertiary/aromatic N) is 2. The third-order valence-electron chi connectivity index (χ3n) is 3.60. The molecule has 0 fully saturated rings. The highest BCUT2D eigenvalue weighted by molar-refractivity contribution is 5.60. The summed E-state index contributed by atoms with van der Waals surface area (Å²) in [6, 6.07) is 11.3. The smallest absolute Gasteiger partial charge is 0.387 e. The van der Waals surface area contributed by atoms with Crippen LogP contribution in [0.15, 0.2) is 47.0 Å². The molecule has 1 heterocycles. The molecular weight excluding hydrogens is 362 g/mol. The van der Waals surface area contributed by atoms with Gasteiger partial charge >= 0.3 is 6.61 Å². The van der Waals surface area contributed by atoms with Gasteiger partial charge in [-0.1, -0.05) is 23.4 Å². The van der Waals surface area contributed by atoms with E-state index in [2.05, 4.69) is 14.9 Å². The van der Waals surface area contributed by atoms with Crippen molar-refractivity contribution in [1.29, 1.82) is 0 Å². The van der Waals surface area contributed by atoms with Gasteiger partial charge in [-0.2, -0.15) is 13.8 Å².